The van der Waals surface area contributed by atoms with Gasteiger partial charge in [0.2, 0.25) is 5.69 Å². The van der Waals surface area contributed by atoms with Gasteiger partial charge in [0.15, 0.2) is 0 Å². The number of halogens is 1. The van der Waals surface area contributed by atoms with Crippen LogP contribution in [0.4, 0.5) is 4.39 Å². The van der Waals surface area contributed by atoms with Crippen molar-refractivity contribution in [2.75, 3.05) is 26.8 Å². The predicted octanol–water partition coefficient (Wildman–Crippen LogP) is 2.01. The summed E-state index contributed by atoms with van der Waals surface area (Å²) in [7, 11) is 1.50. The fourth-order valence-electron chi connectivity index (χ4n) is 4.26. The van der Waals surface area contributed by atoms with Gasteiger partial charge in [-0.3, -0.25) is 19.0 Å². The Bertz CT molecular complexity index is 1420. The summed E-state index contributed by atoms with van der Waals surface area (Å²) in [6, 6.07) is 11.9. The zero-order valence-corrected chi connectivity index (χ0v) is 20.6. The molecule has 0 spiro atoms. The van der Waals surface area contributed by atoms with Crippen LogP contribution in [0.15, 0.2) is 58.1 Å². The number of hydrogen-bond donors (Lipinski definition) is 0. The molecule has 1 fully saturated rings. The van der Waals surface area contributed by atoms with Crippen LogP contribution < -0.4 is 16.0 Å². The van der Waals surface area contributed by atoms with Gasteiger partial charge in [0.05, 0.1) is 31.9 Å². The summed E-state index contributed by atoms with van der Waals surface area (Å²) in [5.74, 6) is -1.60. The normalized spacial score (nSPS) is 15.3. The van der Waals surface area contributed by atoms with Gasteiger partial charge in [-0.25, -0.2) is 9.18 Å². The Morgan fingerprint density at radius 2 is 1.89 bits per heavy atom. The van der Waals surface area contributed by atoms with Crippen molar-refractivity contribution >= 4 is 11.9 Å². The maximum absolute atomic E-state index is 13.8. The first kappa shape index (κ1) is 25.8. The van der Waals surface area contributed by atoms with Crippen molar-refractivity contribution < 1.29 is 23.5 Å². The van der Waals surface area contributed by atoms with E-state index in [2.05, 4.69) is 5.10 Å². The first-order chi connectivity index (χ1) is 17.8. The number of carbonyl (C=O) groups excluding carboxylic acids is 2. The minimum absolute atomic E-state index is 0.0738. The molecule has 1 atom stereocenters. The van der Waals surface area contributed by atoms with Crippen molar-refractivity contribution in [3.63, 3.8) is 0 Å². The van der Waals surface area contributed by atoms with E-state index in [9.17, 15) is 23.6 Å². The Labute approximate surface area is 211 Å². The molecule has 1 amide bonds. The summed E-state index contributed by atoms with van der Waals surface area (Å²) in [6.07, 6.45) is 1.11. The monoisotopic (exact) mass is 510 g/mol. The smallest absolute Gasteiger partial charge is 0.352 e. The van der Waals surface area contributed by atoms with Crippen molar-refractivity contribution in [2.45, 2.75) is 26.3 Å². The van der Waals surface area contributed by atoms with E-state index in [0.29, 0.717) is 36.4 Å². The predicted molar refractivity (Wildman–Crippen MR) is 131 cm³/mol. The second-order valence-corrected chi connectivity index (χ2v) is 8.60. The average molecular weight is 511 g/mol. The highest BCUT2D eigenvalue weighted by Crippen LogP contribution is 2.19. The molecule has 0 radical (unpaired) electrons. The van der Waals surface area contributed by atoms with Gasteiger partial charge in [0, 0.05) is 13.1 Å². The summed E-state index contributed by atoms with van der Waals surface area (Å²) >= 11 is 0. The number of likely N-dealkylation sites (tertiary alicyclic amines) is 1. The summed E-state index contributed by atoms with van der Waals surface area (Å²) in [5, 5.41) is 4.15. The number of nitrogens with zero attached hydrogens (tertiary/aromatic N) is 4. The van der Waals surface area contributed by atoms with E-state index in [1.165, 1.54) is 30.2 Å². The lowest BCUT2D eigenvalue weighted by Gasteiger charge is -2.31. The maximum atomic E-state index is 13.8. The SMILES string of the molecule is CCOC(=O)C1CCCN(C(=O)c2nn(-c3ccc(OC)cc3)c(=O)n(Cc3cccc(F)c3)c2=O)C1. The van der Waals surface area contributed by atoms with Crippen LogP contribution in [-0.2, 0) is 16.1 Å². The number of benzene rings is 2. The van der Waals surface area contributed by atoms with Crippen LogP contribution in [0.2, 0.25) is 0 Å². The van der Waals surface area contributed by atoms with Crippen molar-refractivity contribution in [3.8, 4) is 11.4 Å². The van der Waals surface area contributed by atoms with Crippen LogP contribution >= 0.6 is 0 Å². The van der Waals surface area contributed by atoms with E-state index >= 15 is 0 Å². The lowest BCUT2D eigenvalue weighted by molar-refractivity contribution is -0.149. The Hall–Kier alpha value is -4.28. The number of piperidine rings is 1. The van der Waals surface area contributed by atoms with Gasteiger partial charge in [-0.05, 0) is 61.7 Å². The van der Waals surface area contributed by atoms with E-state index < -0.39 is 40.6 Å². The molecule has 3 aromatic rings. The highest BCUT2D eigenvalue weighted by Gasteiger charge is 2.32. The molecule has 1 aliphatic heterocycles. The molecule has 0 N–H and O–H groups in total. The number of methoxy groups -OCH3 is 1. The molecular formula is C26H27FN4O6. The largest absolute Gasteiger partial charge is 0.497 e. The van der Waals surface area contributed by atoms with E-state index in [1.807, 2.05) is 0 Å². The molecule has 194 valence electrons. The van der Waals surface area contributed by atoms with E-state index in [1.54, 1.807) is 37.3 Å². The summed E-state index contributed by atoms with van der Waals surface area (Å²) in [5.41, 5.74) is -1.50. The van der Waals surface area contributed by atoms with Gasteiger partial charge < -0.3 is 14.4 Å². The van der Waals surface area contributed by atoms with Crippen molar-refractivity contribution in [2.24, 2.45) is 5.92 Å². The fourth-order valence-corrected chi connectivity index (χ4v) is 4.26. The van der Waals surface area contributed by atoms with Gasteiger partial charge in [-0.1, -0.05) is 12.1 Å². The van der Waals surface area contributed by atoms with Crippen LogP contribution in [0.1, 0.15) is 35.8 Å². The molecule has 0 aliphatic carbocycles. The van der Waals surface area contributed by atoms with Gasteiger partial charge in [-0.15, -0.1) is 0 Å². The molecule has 2 heterocycles. The lowest BCUT2D eigenvalue weighted by Crippen LogP contribution is -2.49. The summed E-state index contributed by atoms with van der Waals surface area (Å²) in [4.78, 5) is 53.9. The lowest BCUT2D eigenvalue weighted by atomic mass is 9.98. The molecule has 10 nitrogen and oxygen atoms in total. The third kappa shape index (κ3) is 5.60. The third-order valence-electron chi connectivity index (χ3n) is 6.14. The first-order valence-corrected chi connectivity index (χ1v) is 11.9. The Morgan fingerprint density at radius 3 is 2.57 bits per heavy atom. The second kappa shape index (κ2) is 11.2. The Morgan fingerprint density at radius 1 is 1.14 bits per heavy atom. The molecule has 11 heteroatoms. The molecule has 1 saturated heterocycles. The van der Waals surface area contributed by atoms with Gasteiger partial charge in [0.25, 0.3) is 11.5 Å². The molecule has 2 aromatic carbocycles. The highest BCUT2D eigenvalue weighted by molar-refractivity contribution is 5.92. The maximum Gasteiger partial charge on any atom is 0.352 e. The number of rotatable bonds is 7. The third-order valence-corrected chi connectivity index (χ3v) is 6.14. The topological polar surface area (TPSA) is 113 Å². The quantitative estimate of drug-likeness (QED) is 0.447. The molecule has 0 saturated carbocycles. The zero-order valence-electron chi connectivity index (χ0n) is 20.6. The number of ether oxygens (including phenoxy) is 2. The molecule has 37 heavy (non-hydrogen) atoms. The van der Waals surface area contributed by atoms with Crippen molar-refractivity contribution in [3.05, 3.63) is 86.4 Å². The fraction of sp³-hybridized carbons (Fsp3) is 0.346. The standard InChI is InChI=1S/C26H27FN4O6/c1-3-37-25(34)18-7-5-13-29(16-18)23(32)22-24(33)30(15-17-6-4-8-19(27)14-17)26(35)31(28-22)20-9-11-21(36-2)12-10-20/h4,6,8-12,14,18H,3,5,7,13,15-16H2,1-2H3. The molecule has 1 unspecified atom stereocenters. The number of carbonyl (C=O) groups is 2. The number of amides is 1. The summed E-state index contributed by atoms with van der Waals surface area (Å²) < 4.78 is 25.9. The zero-order chi connectivity index (χ0) is 26.5. The minimum Gasteiger partial charge on any atom is -0.497 e. The number of esters is 1. The van der Waals surface area contributed by atoms with Crippen molar-refractivity contribution in [1.82, 2.24) is 19.2 Å². The van der Waals surface area contributed by atoms with Crippen LogP contribution in [0, 0.1) is 11.7 Å². The van der Waals surface area contributed by atoms with Crippen LogP contribution in [0.25, 0.3) is 5.69 Å². The van der Waals surface area contributed by atoms with E-state index in [0.717, 1.165) is 9.25 Å². The molecule has 4 rings (SSSR count). The van der Waals surface area contributed by atoms with Crippen LogP contribution in [0.5, 0.6) is 5.75 Å². The average Bonchev–Trinajstić information content (AvgIpc) is 2.91. The van der Waals surface area contributed by atoms with Crippen LogP contribution in [-0.4, -0.2) is 57.9 Å². The van der Waals surface area contributed by atoms with Crippen LogP contribution in [0.3, 0.4) is 0 Å². The molecule has 1 aliphatic rings. The molecule has 0 bridgehead atoms. The number of aromatic nitrogens is 3. The Kier molecular flexibility index (Phi) is 7.80. The van der Waals surface area contributed by atoms with Gasteiger partial charge in [0.1, 0.15) is 11.6 Å². The summed E-state index contributed by atoms with van der Waals surface area (Å²) in [6.45, 7) is 2.06. The number of hydrogen-bond acceptors (Lipinski definition) is 7. The van der Waals surface area contributed by atoms with E-state index in [-0.39, 0.29) is 19.7 Å². The van der Waals surface area contributed by atoms with E-state index in [4.69, 9.17) is 9.47 Å². The molecular weight excluding hydrogens is 483 g/mol. The molecule has 1 aromatic heterocycles. The first-order valence-electron chi connectivity index (χ1n) is 11.9. The van der Waals surface area contributed by atoms with Gasteiger partial charge in [-0.2, -0.15) is 9.78 Å². The minimum atomic E-state index is -0.901. The Balaban J connectivity index is 1.78. The van der Waals surface area contributed by atoms with Gasteiger partial charge >= 0.3 is 11.7 Å². The second-order valence-electron chi connectivity index (χ2n) is 8.60. The highest BCUT2D eigenvalue weighted by atomic mass is 19.1. The van der Waals surface area contributed by atoms with Crippen molar-refractivity contribution in [1.29, 1.82) is 0 Å².